The van der Waals surface area contributed by atoms with Gasteiger partial charge in [0, 0.05) is 15.6 Å². The molecule has 0 aliphatic rings. The number of nitrogen functional groups attached to an aromatic ring is 1. The van der Waals surface area contributed by atoms with Crippen molar-refractivity contribution in [3.63, 3.8) is 0 Å². The van der Waals surface area contributed by atoms with E-state index in [2.05, 4.69) is 13.0 Å². The van der Waals surface area contributed by atoms with Crippen molar-refractivity contribution in [2.75, 3.05) is 5.73 Å². The molecule has 0 spiro atoms. The zero-order valence-corrected chi connectivity index (χ0v) is 16.9. The van der Waals surface area contributed by atoms with Gasteiger partial charge in [0.05, 0.1) is 14.4 Å². The molecule has 0 saturated heterocycles. The van der Waals surface area contributed by atoms with E-state index in [0.29, 0.717) is 0 Å². The molecule has 0 atom stereocenters. The maximum atomic E-state index is 6.29. The first-order valence-corrected chi connectivity index (χ1v) is 11.3. The average Bonchev–Trinajstić information content (AvgIpc) is 3.37. The van der Waals surface area contributed by atoms with Gasteiger partial charge in [0.1, 0.15) is 0 Å². The molecule has 0 aliphatic carbocycles. The highest BCUT2D eigenvalue weighted by atomic mass is 32.1. The summed E-state index contributed by atoms with van der Waals surface area (Å²) >= 11 is 6.42. The van der Waals surface area contributed by atoms with Gasteiger partial charge in [0.2, 0.25) is 0 Å². The molecule has 5 aromatic rings. The Bertz CT molecular complexity index is 1050. The van der Waals surface area contributed by atoms with E-state index in [4.69, 9.17) is 15.2 Å². The minimum Gasteiger partial charge on any atom is -0.444 e. The van der Waals surface area contributed by atoms with Crippen molar-refractivity contribution in [1.82, 2.24) is 0 Å². The number of rotatable bonds is 4. The number of aryl methyl sites for hydroxylation is 1. The molecule has 0 bridgehead atoms. The monoisotopic (exact) mass is 415 g/mol. The van der Waals surface area contributed by atoms with Crippen LogP contribution in [0.4, 0.5) is 5.00 Å². The van der Waals surface area contributed by atoms with E-state index < -0.39 is 0 Å². The van der Waals surface area contributed by atoms with Crippen LogP contribution in [0.3, 0.4) is 0 Å². The lowest BCUT2D eigenvalue weighted by molar-refractivity contribution is 0.501. The van der Waals surface area contributed by atoms with Crippen molar-refractivity contribution in [3.05, 3.63) is 52.0 Å². The molecule has 4 heterocycles. The summed E-state index contributed by atoms with van der Waals surface area (Å²) in [5.74, 6) is 1.73. The van der Waals surface area contributed by atoms with Crippen LogP contribution in [0.1, 0.15) is 4.88 Å². The molecular weight excluding hydrogens is 402 g/mol. The summed E-state index contributed by atoms with van der Waals surface area (Å²) in [5, 5.41) is 8.59. The highest BCUT2D eigenvalue weighted by molar-refractivity contribution is 7.24. The highest BCUT2D eigenvalue weighted by Crippen LogP contribution is 2.52. The first-order chi connectivity index (χ1) is 12.7. The zero-order valence-electron chi connectivity index (χ0n) is 13.6. The number of hydrogen-bond donors (Lipinski definition) is 1. The molecule has 1 aromatic carbocycles. The van der Waals surface area contributed by atoms with Crippen molar-refractivity contribution < 1.29 is 9.47 Å². The predicted octanol–water partition coefficient (Wildman–Crippen LogP) is 7.71. The number of thiophene rings is 4. The molecule has 0 unspecified atom stereocenters. The van der Waals surface area contributed by atoms with Crippen LogP contribution in [0.25, 0.3) is 20.2 Å². The van der Waals surface area contributed by atoms with Crippen LogP contribution < -0.4 is 15.2 Å². The number of ether oxygens (including phenoxy) is 2. The van der Waals surface area contributed by atoms with Crippen LogP contribution in [0.15, 0.2) is 47.2 Å². The van der Waals surface area contributed by atoms with E-state index in [1.807, 2.05) is 41.1 Å². The summed E-state index contributed by atoms with van der Waals surface area (Å²) in [5.41, 5.74) is 6.15. The number of hydrogen-bond acceptors (Lipinski definition) is 7. The Balaban J connectivity index is 1.81. The average molecular weight is 416 g/mol. The van der Waals surface area contributed by atoms with E-state index >= 15 is 0 Å². The molecule has 26 heavy (non-hydrogen) atoms. The highest BCUT2D eigenvalue weighted by Gasteiger charge is 2.22. The first-order valence-electron chi connectivity index (χ1n) is 7.87. The quantitative estimate of drug-likeness (QED) is 0.327. The summed E-state index contributed by atoms with van der Waals surface area (Å²) < 4.78 is 14.7. The van der Waals surface area contributed by atoms with E-state index in [1.165, 1.54) is 16.2 Å². The van der Waals surface area contributed by atoms with Gasteiger partial charge in [-0.05, 0) is 54.1 Å². The fourth-order valence-electron chi connectivity index (χ4n) is 2.89. The van der Waals surface area contributed by atoms with Gasteiger partial charge < -0.3 is 15.2 Å². The van der Waals surface area contributed by atoms with Crippen LogP contribution in [0.5, 0.6) is 21.6 Å². The molecule has 0 saturated carbocycles. The summed E-state index contributed by atoms with van der Waals surface area (Å²) in [6.45, 7) is 2.11. The Morgan fingerprint density at radius 1 is 0.808 bits per heavy atom. The van der Waals surface area contributed by atoms with Crippen molar-refractivity contribution in [2.45, 2.75) is 6.92 Å². The van der Waals surface area contributed by atoms with Crippen LogP contribution in [0.2, 0.25) is 0 Å². The van der Waals surface area contributed by atoms with E-state index in [1.54, 1.807) is 34.0 Å². The van der Waals surface area contributed by atoms with E-state index in [9.17, 15) is 0 Å². The maximum absolute atomic E-state index is 6.29. The second kappa shape index (κ2) is 6.28. The van der Waals surface area contributed by atoms with Gasteiger partial charge in [-0.25, -0.2) is 0 Å². The van der Waals surface area contributed by atoms with Crippen molar-refractivity contribution in [2.24, 2.45) is 0 Å². The van der Waals surface area contributed by atoms with Gasteiger partial charge in [0.15, 0.2) is 21.6 Å². The molecule has 0 radical (unpaired) electrons. The Labute approximate surface area is 165 Å². The third kappa shape index (κ3) is 2.68. The van der Waals surface area contributed by atoms with Crippen molar-refractivity contribution in [3.8, 4) is 21.6 Å². The van der Waals surface area contributed by atoms with Crippen molar-refractivity contribution >= 4 is 70.5 Å². The second-order valence-electron chi connectivity index (χ2n) is 5.72. The molecule has 0 fully saturated rings. The van der Waals surface area contributed by atoms with Gasteiger partial charge in [-0.3, -0.25) is 0 Å². The third-order valence-corrected chi connectivity index (χ3v) is 7.41. The van der Waals surface area contributed by atoms with Crippen LogP contribution in [-0.2, 0) is 0 Å². The first kappa shape index (κ1) is 16.1. The van der Waals surface area contributed by atoms with Gasteiger partial charge >= 0.3 is 0 Å². The van der Waals surface area contributed by atoms with Crippen LogP contribution in [-0.4, -0.2) is 0 Å². The van der Waals surface area contributed by atoms with Crippen molar-refractivity contribution in [1.29, 1.82) is 0 Å². The number of fused-ring (bicyclic) bond motifs is 2. The molecule has 0 amide bonds. The van der Waals surface area contributed by atoms with Gasteiger partial charge in [0.25, 0.3) is 0 Å². The molecule has 5 rings (SSSR count). The number of nitrogens with two attached hydrogens (primary N) is 1. The third-order valence-electron chi connectivity index (χ3n) is 3.90. The van der Waals surface area contributed by atoms with E-state index in [0.717, 1.165) is 46.8 Å². The number of anilines is 1. The summed E-state index contributed by atoms with van der Waals surface area (Å²) in [6, 6.07) is 12.1. The van der Waals surface area contributed by atoms with Gasteiger partial charge in [-0.1, -0.05) is 0 Å². The summed E-state index contributed by atoms with van der Waals surface area (Å²) in [4.78, 5) is 1.22. The maximum Gasteiger partial charge on any atom is 0.181 e. The minimum absolute atomic E-state index is 0.751. The lowest BCUT2D eigenvalue weighted by Crippen LogP contribution is -1.87. The summed E-state index contributed by atoms with van der Waals surface area (Å²) in [6.07, 6.45) is 0. The molecular formula is C19H13NO2S4. The lowest BCUT2D eigenvalue weighted by Gasteiger charge is -2.11. The zero-order chi connectivity index (χ0) is 17.7. The smallest absolute Gasteiger partial charge is 0.181 e. The molecule has 7 heteroatoms. The number of benzene rings is 1. The molecule has 2 N–H and O–H groups in total. The Kier molecular flexibility index (Phi) is 3.90. The SMILES string of the molecule is Cc1cc2c(Oc3cccs3)c3sc(N)cc3c(Oc3cccs3)c2s1. The van der Waals surface area contributed by atoms with E-state index in [-0.39, 0.29) is 0 Å². The molecule has 0 aliphatic heterocycles. The standard InChI is InChI=1S/C19H13NO2S4/c1-10-8-11-16(21-14-4-2-6-23-14)19-12(9-13(20)26-19)17(18(11)25-10)22-15-5-3-7-24-15/h2-9H,20H2,1H3. The molecule has 130 valence electrons. The summed E-state index contributed by atoms with van der Waals surface area (Å²) in [7, 11) is 0. The molecule has 3 nitrogen and oxygen atoms in total. The predicted molar refractivity (Wildman–Crippen MR) is 115 cm³/mol. The normalized spacial score (nSPS) is 11.4. The van der Waals surface area contributed by atoms with Crippen LogP contribution >= 0.6 is 45.3 Å². The van der Waals surface area contributed by atoms with Gasteiger partial charge in [-0.2, -0.15) is 0 Å². The topological polar surface area (TPSA) is 44.5 Å². The van der Waals surface area contributed by atoms with Crippen LogP contribution in [0, 0.1) is 6.92 Å². The van der Waals surface area contributed by atoms with Gasteiger partial charge in [-0.15, -0.1) is 45.3 Å². The molecule has 4 aromatic heterocycles. The Hall–Kier alpha value is -2.06. The Morgan fingerprint density at radius 2 is 1.38 bits per heavy atom. The Morgan fingerprint density at radius 3 is 1.96 bits per heavy atom. The minimum atomic E-state index is 0.751. The largest absolute Gasteiger partial charge is 0.444 e. The lowest BCUT2D eigenvalue weighted by atomic mass is 10.1. The fraction of sp³-hybridized carbons (Fsp3) is 0.0526. The fourth-order valence-corrected chi connectivity index (χ4v) is 5.97. The second-order valence-corrected chi connectivity index (χ2v) is 9.88.